The van der Waals surface area contributed by atoms with Crippen molar-refractivity contribution in [3.05, 3.63) is 62.3 Å². The van der Waals surface area contributed by atoms with Gasteiger partial charge in [-0.2, -0.15) is 18.3 Å². The third kappa shape index (κ3) is 5.61. The Hall–Kier alpha value is -2.75. The first-order chi connectivity index (χ1) is 15.7. The molecule has 1 saturated heterocycles. The molecule has 33 heavy (non-hydrogen) atoms. The van der Waals surface area contributed by atoms with Gasteiger partial charge in [0.25, 0.3) is 11.5 Å². The number of halogens is 4. The van der Waals surface area contributed by atoms with Crippen molar-refractivity contribution in [3.63, 3.8) is 0 Å². The van der Waals surface area contributed by atoms with Gasteiger partial charge in [0, 0.05) is 44.7 Å². The number of nitrogens with one attached hydrogen (secondary N) is 1. The number of aromatic nitrogens is 2. The van der Waals surface area contributed by atoms with Gasteiger partial charge in [0.2, 0.25) is 0 Å². The van der Waals surface area contributed by atoms with Gasteiger partial charge in [0.1, 0.15) is 5.82 Å². The molecule has 1 amide bonds. The highest BCUT2D eigenvalue weighted by molar-refractivity contribution is 5.94. The molecule has 6 nitrogen and oxygen atoms in total. The number of piperazine rings is 1. The van der Waals surface area contributed by atoms with Crippen molar-refractivity contribution >= 4 is 5.91 Å². The molecule has 1 aromatic carbocycles. The van der Waals surface area contributed by atoms with Crippen LogP contribution in [0, 0.1) is 5.82 Å². The van der Waals surface area contributed by atoms with E-state index in [1.165, 1.54) is 17.0 Å². The molecule has 1 aliphatic carbocycles. The van der Waals surface area contributed by atoms with E-state index in [2.05, 4.69) is 10.2 Å². The Labute approximate surface area is 188 Å². The van der Waals surface area contributed by atoms with Crippen LogP contribution < -0.4 is 5.56 Å². The first-order valence-corrected chi connectivity index (χ1v) is 11.2. The highest BCUT2D eigenvalue weighted by Gasteiger charge is 2.30. The lowest BCUT2D eigenvalue weighted by atomic mass is 9.90. The number of carbonyl (C=O) groups excluding carboxylic acids is 1. The number of amides is 1. The molecule has 0 spiro atoms. The van der Waals surface area contributed by atoms with E-state index in [0.29, 0.717) is 31.5 Å². The second-order valence-electron chi connectivity index (χ2n) is 8.65. The minimum absolute atomic E-state index is 0.0606. The molecule has 4 rings (SSSR count). The Balaban J connectivity index is 1.45. The molecule has 2 aromatic rings. The minimum atomic E-state index is -4.21. The molecule has 1 fully saturated rings. The van der Waals surface area contributed by atoms with E-state index in [-0.39, 0.29) is 30.8 Å². The summed E-state index contributed by atoms with van der Waals surface area (Å²) in [6, 6.07) is 4.36. The summed E-state index contributed by atoms with van der Waals surface area (Å²) in [4.78, 5) is 28.2. The molecule has 2 aliphatic rings. The van der Waals surface area contributed by atoms with Crippen LogP contribution in [-0.4, -0.2) is 64.8 Å². The van der Waals surface area contributed by atoms with Gasteiger partial charge in [0.15, 0.2) is 0 Å². The van der Waals surface area contributed by atoms with Gasteiger partial charge >= 0.3 is 6.18 Å². The van der Waals surface area contributed by atoms with E-state index in [4.69, 9.17) is 0 Å². The maximum Gasteiger partial charge on any atom is 0.390 e. The molecule has 0 bridgehead atoms. The van der Waals surface area contributed by atoms with Crippen LogP contribution in [0.4, 0.5) is 17.6 Å². The van der Waals surface area contributed by atoms with Gasteiger partial charge in [-0.1, -0.05) is 6.07 Å². The van der Waals surface area contributed by atoms with Gasteiger partial charge in [0.05, 0.1) is 17.7 Å². The van der Waals surface area contributed by atoms with Gasteiger partial charge < -0.3 is 4.90 Å². The average Bonchev–Trinajstić information content (AvgIpc) is 2.80. The number of benzene rings is 1. The minimum Gasteiger partial charge on any atom is -0.336 e. The van der Waals surface area contributed by atoms with Crippen LogP contribution in [0.5, 0.6) is 0 Å². The molecule has 1 N–H and O–H groups in total. The highest BCUT2D eigenvalue weighted by atomic mass is 19.4. The summed E-state index contributed by atoms with van der Waals surface area (Å²) in [5.74, 6) is -1.11. The summed E-state index contributed by atoms with van der Waals surface area (Å²) in [7, 11) is 0. The van der Waals surface area contributed by atoms with Gasteiger partial charge in [-0.15, -0.1) is 0 Å². The average molecular weight is 466 g/mol. The van der Waals surface area contributed by atoms with E-state index in [1.54, 1.807) is 11.0 Å². The summed E-state index contributed by atoms with van der Waals surface area (Å²) in [5.41, 5.74) is 2.90. The standard InChI is InChI=1S/C23H26F4N4O2/c24-19-6-5-15(14-20-16-3-1-2-4-17(16)21(32)29-28-20)13-18(19)22(33)31-11-9-30(10-12-31)8-7-23(25,26)27/h5-6,13H,1-4,7-12,14H2,(H,29,32). The smallest absolute Gasteiger partial charge is 0.336 e. The maximum absolute atomic E-state index is 14.5. The summed E-state index contributed by atoms with van der Waals surface area (Å²) >= 11 is 0. The number of aromatic amines is 1. The molecular formula is C23H26F4N4O2. The lowest BCUT2D eigenvalue weighted by Crippen LogP contribution is -2.49. The summed E-state index contributed by atoms with van der Waals surface area (Å²) in [6.45, 7) is 1.02. The number of carbonyl (C=O) groups is 1. The zero-order valence-corrected chi connectivity index (χ0v) is 18.2. The van der Waals surface area contributed by atoms with Crippen LogP contribution in [0.1, 0.15) is 52.0 Å². The molecule has 178 valence electrons. The lowest BCUT2D eigenvalue weighted by molar-refractivity contribution is -0.138. The fraction of sp³-hybridized carbons (Fsp3) is 0.522. The largest absolute Gasteiger partial charge is 0.390 e. The Bertz CT molecular complexity index is 1080. The number of fused-ring (bicyclic) bond motifs is 1. The van der Waals surface area contributed by atoms with Crippen molar-refractivity contribution in [2.75, 3.05) is 32.7 Å². The second kappa shape index (κ2) is 9.62. The monoisotopic (exact) mass is 466 g/mol. The predicted molar refractivity (Wildman–Crippen MR) is 114 cm³/mol. The van der Waals surface area contributed by atoms with Crippen LogP contribution in [-0.2, 0) is 19.3 Å². The van der Waals surface area contributed by atoms with Crippen molar-refractivity contribution in [2.45, 2.75) is 44.7 Å². The van der Waals surface area contributed by atoms with Gasteiger partial charge in [-0.25, -0.2) is 9.49 Å². The number of hydrogen-bond acceptors (Lipinski definition) is 4. The molecule has 0 radical (unpaired) electrons. The summed E-state index contributed by atoms with van der Waals surface area (Å²) in [6.07, 6.45) is -1.32. The maximum atomic E-state index is 14.5. The highest BCUT2D eigenvalue weighted by Crippen LogP contribution is 2.24. The molecule has 2 heterocycles. The summed E-state index contributed by atoms with van der Waals surface area (Å²) < 4.78 is 51.8. The first-order valence-electron chi connectivity index (χ1n) is 11.2. The molecule has 10 heteroatoms. The SMILES string of the molecule is O=C(c1cc(Cc2n[nH]c(=O)c3c2CCCC3)ccc1F)N1CCN(CCC(F)(F)F)CC1. The number of H-pyrrole nitrogens is 1. The topological polar surface area (TPSA) is 69.3 Å². The van der Waals surface area contributed by atoms with Crippen LogP contribution >= 0.6 is 0 Å². The van der Waals surface area contributed by atoms with E-state index in [1.807, 2.05) is 0 Å². The van der Waals surface area contributed by atoms with Crippen molar-refractivity contribution in [2.24, 2.45) is 0 Å². The zero-order chi connectivity index (χ0) is 23.6. The normalized spacial score (nSPS) is 17.2. The number of hydrogen-bond donors (Lipinski definition) is 1. The third-order valence-corrected chi connectivity index (χ3v) is 6.39. The van der Waals surface area contributed by atoms with Crippen molar-refractivity contribution in [1.82, 2.24) is 20.0 Å². The van der Waals surface area contributed by atoms with Crippen molar-refractivity contribution in [1.29, 1.82) is 0 Å². The van der Waals surface area contributed by atoms with E-state index in [0.717, 1.165) is 36.1 Å². The zero-order valence-electron chi connectivity index (χ0n) is 18.2. The Morgan fingerprint density at radius 3 is 2.45 bits per heavy atom. The molecular weight excluding hydrogens is 440 g/mol. The Morgan fingerprint density at radius 2 is 1.76 bits per heavy atom. The number of rotatable bonds is 5. The van der Waals surface area contributed by atoms with Crippen molar-refractivity contribution in [3.8, 4) is 0 Å². The van der Waals surface area contributed by atoms with E-state index in [9.17, 15) is 27.2 Å². The summed E-state index contributed by atoms with van der Waals surface area (Å²) in [5, 5.41) is 6.75. The van der Waals surface area contributed by atoms with Crippen molar-refractivity contribution < 1.29 is 22.4 Å². The molecule has 0 atom stereocenters. The third-order valence-electron chi connectivity index (χ3n) is 6.39. The Kier molecular flexibility index (Phi) is 6.83. The van der Waals surface area contributed by atoms with Crippen LogP contribution in [0.15, 0.2) is 23.0 Å². The molecule has 0 saturated carbocycles. The fourth-order valence-electron chi connectivity index (χ4n) is 4.54. The second-order valence-corrected chi connectivity index (χ2v) is 8.65. The van der Waals surface area contributed by atoms with Crippen LogP contribution in [0.2, 0.25) is 0 Å². The molecule has 1 aliphatic heterocycles. The lowest BCUT2D eigenvalue weighted by Gasteiger charge is -2.35. The van der Waals surface area contributed by atoms with Crippen LogP contribution in [0.25, 0.3) is 0 Å². The molecule has 1 aromatic heterocycles. The van der Waals surface area contributed by atoms with Crippen LogP contribution in [0.3, 0.4) is 0 Å². The quantitative estimate of drug-likeness (QED) is 0.688. The fourth-order valence-corrected chi connectivity index (χ4v) is 4.54. The van der Waals surface area contributed by atoms with E-state index < -0.39 is 24.3 Å². The first kappa shape index (κ1) is 23.4. The van der Waals surface area contributed by atoms with Gasteiger partial charge in [-0.3, -0.25) is 14.5 Å². The predicted octanol–water partition coefficient (Wildman–Crippen LogP) is 3.09. The Morgan fingerprint density at radius 1 is 1.06 bits per heavy atom. The van der Waals surface area contributed by atoms with E-state index >= 15 is 0 Å². The van der Waals surface area contributed by atoms with Gasteiger partial charge in [-0.05, 0) is 48.9 Å². The number of nitrogens with zero attached hydrogens (tertiary/aromatic N) is 3. The number of alkyl halides is 3. The molecule has 0 unspecified atom stereocenters.